The molecule has 2 atom stereocenters. The second kappa shape index (κ2) is 4.11. The maximum absolute atomic E-state index is 8.94. The van der Waals surface area contributed by atoms with Crippen LogP contribution >= 0.6 is 11.8 Å². The molecule has 9 heavy (non-hydrogen) atoms. The normalized spacial score (nSPS) is 18.0. The number of aliphatic hydroxyl groups is 1. The predicted octanol–water partition coefficient (Wildman–Crippen LogP) is -0.310. The zero-order chi connectivity index (χ0) is 7.44. The molecule has 0 spiro atoms. The maximum atomic E-state index is 8.94. The van der Waals surface area contributed by atoms with Crippen molar-refractivity contribution in [1.82, 2.24) is 0 Å². The maximum Gasteiger partial charge on any atom is 0.101 e. The second-order valence-corrected chi connectivity index (χ2v) is 3.61. The lowest BCUT2D eigenvalue weighted by Crippen LogP contribution is -2.31. The Morgan fingerprint density at radius 2 is 1.78 bits per heavy atom. The molecule has 4 heteroatoms. The number of thioether (sulfide) groups is 1. The van der Waals surface area contributed by atoms with Crippen molar-refractivity contribution in [2.45, 2.75) is 30.7 Å². The highest BCUT2D eigenvalue weighted by molar-refractivity contribution is 8.00. The summed E-state index contributed by atoms with van der Waals surface area (Å²) in [7, 11) is 0. The summed E-state index contributed by atoms with van der Waals surface area (Å²) in [6.45, 7) is 3.61. The van der Waals surface area contributed by atoms with Crippen LogP contribution in [0.2, 0.25) is 0 Å². The van der Waals surface area contributed by atoms with E-state index in [0.717, 1.165) is 0 Å². The van der Waals surface area contributed by atoms with Crippen LogP contribution in [-0.4, -0.2) is 22.0 Å². The topological polar surface area (TPSA) is 72.3 Å². The molecule has 0 amide bonds. The summed E-state index contributed by atoms with van der Waals surface area (Å²) in [4.78, 5) is 0. The molecule has 0 aromatic heterocycles. The molecule has 0 aliphatic heterocycles. The molecule has 0 aromatic rings. The van der Waals surface area contributed by atoms with Gasteiger partial charge in [0.05, 0.1) is 6.10 Å². The summed E-state index contributed by atoms with van der Waals surface area (Å²) in [5, 5.41) is 9.05. The van der Waals surface area contributed by atoms with Crippen molar-refractivity contribution in [3.63, 3.8) is 0 Å². The molecular weight excluding hydrogens is 136 g/mol. The molecule has 5 N–H and O–H groups in total. The van der Waals surface area contributed by atoms with Crippen molar-refractivity contribution in [2.24, 2.45) is 11.5 Å². The van der Waals surface area contributed by atoms with E-state index >= 15 is 0 Å². The van der Waals surface area contributed by atoms with E-state index in [-0.39, 0.29) is 16.9 Å². The summed E-state index contributed by atoms with van der Waals surface area (Å²) >= 11 is 1.37. The van der Waals surface area contributed by atoms with Crippen molar-refractivity contribution in [3.05, 3.63) is 0 Å². The van der Waals surface area contributed by atoms with E-state index in [1.807, 2.05) is 6.92 Å². The fourth-order valence-electron chi connectivity index (χ4n) is 0.362. The Balaban J connectivity index is 3.38. The van der Waals surface area contributed by atoms with Crippen LogP contribution in [0.3, 0.4) is 0 Å². The first-order chi connectivity index (χ1) is 4.04. The molecule has 3 nitrogen and oxygen atoms in total. The minimum Gasteiger partial charge on any atom is -0.392 e. The fraction of sp³-hybridized carbons (Fsp3) is 1.00. The first-order valence-corrected chi connectivity index (χ1v) is 3.83. The molecule has 0 aliphatic carbocycles. The summed E-state index contributed by atoms with van der Waals surface area (Å²) in [5.41, 5.74) is 10.1. The summed E-state index contributed by atoms with van der Waals surface area (Å²) in [6.07, 6.45) is -0.343. The Bertz CT molecular complexity index is 77.4. The van der Waals surface area contributed by atoms with Gasteiger partial charge in [0.15, 0.2) is 0 Å². The number of nitrogens with two attached hydrogens (primary N) is 2. The Hall–Kier alpha value is 0.230. The van der Waals surface area contributed by atoms with Crippen LogP contribution in [0.1, 0.15) is 13.8 Å². The quantitative estimate of drug-likeness (QED) is 0.483. The van der Waals surface area contributed by atoms with Gasteiger partial charge in [-0.05, 0) is 6.92 Å². The van der Waals surface area contributed by atoms with Crippen LogP contribution in [-0.2, 0) is 0 Å². The van der Waals surface area contributed by atoms with E-state index in [2.05, 4.69) is 0 Å². The van der Waals surface area contributed by atoms with Crippen LogP contribution in [0.25, 0.3) is 0 Å². The molecule has 0 radical (unpaired) electrons. The Morgan fingerprint density at radius 3 is 1.89 bits per heavy atom. The van der Waals surface area contributed by atoms with E-state index in [4.69, 9.17) is 16.6 Å². The molecule has 0 fully saturated rings. The van der Waals surface area contributed by atoms with Crippen LogP contribution in [0, 0.1) is 0 Å². The second-order valence-electron chi connectivity index (χ2n) is 2.05. The average Bonchev–Trinajstić information content (AvgIpc) is 1.63. The standard InChI is InChI=1S/C5H14N2OS/c1-3(8)4(2)9-5(6)7/h3-5,8H,6-7H2,1-2H3/t3-,4-/m0/s1. The molecule has 0 saturated heterocycles. The van der Waals surface area contributed by atoms with Gasteiger partial charge in [-0.25, -0.2) is 0 Å². The number of aliphatic hydroxyl groups excluding tert-OH is 1. The molecule has 0 aliphatic rings. The third kappa shape index (κ3) is 4.72. The smallest absolute Gasteiger partial charge is 0.101 e. The summed E-state index contributed by atoms with van der Waals surface area (Å²) < 4.78 is 0. The van der Waals surface area contributed by atoms with Crippen LogP contribution in [0.15, 0.2) is 0 Å². The van der Waals surface area contributed by atoms with Gasteiger partial charge in [0.1, 0.15) is 5.50 Å². The lowest BCUT2D eigenvalue weighted by Gasteiger charge is -2.15. The van der Waals surface area contributed by atoms with Gasteiger partial charge in [0.25, 0.3) is 0 Å². The molecule has 0 rings (SSSR count). The monoisotopic (exact) mass is 150 g/mol. The molecular formula is C5H14N2OS. The lowest BCUT2D eigenvalue weighted by atomic mass is 10.3. The van der Waals surface area contributed by atoms with Crippen molar-refractivity contribution in [1.29, 1.82) is 0 Å². The van der Waals surface area contributed by atoms with Gasteiger partial charge in [-0.15, -0.1) is 11.8 Å². The third-order valence-corrected chi connectivity index (χ3v) is 2.19. The van der Waals surface area contributed by atoms with Gasteiger partial charge >= 0.3 is 0 Å². The Labute approximate surface area is 59.8 Å². The highest BCUT2D eigenvalue weighted by Gasteiger charge is 2.10. The SMILES string of the molecule is C[C@H](O)[C@H](C)SC(N)N. The molecule has 0 aromatic carbocycles. The van der Waals surface area contributed by atoms with Crippen molar-refractivity contribution in [3.8, 4) is 0 Å². The lowest BCUT2D eigenvalue weighted by molar-refractivity contribution is 0.196. The molecule has 0 saturated carbocycles. The van der Waals surface area contributed by atoms with E-state index in [0.29, 0.717) is 0 Å². The van der Waals surface area contributed by atoms with Crippen molar-refractivity contribution in [2.75, 3.05) is 0 Å². The highest BCUT2D eigenvalue weighted by atomic mass is 32.2. The van der Waals surface area contributed by atoms with Crippen molar-refractivity contribution >= 4 is 11.8 Å². The average molecular weight is 150 g/mol. The summed E-state index contributed by atoms with van der Waals surface area (Å²) in [6, 6.07) is 0. The number of rotatable bonds is 3. The molecule has 0 bridgehead atoms. The fourth-order valence-corrected chi connectivity index (χ4v) is 1.08. The number of hydrogen-bond donors (Lipinski definition) is 3. The first kappa shape index (κ1) is 9.23. The largest absolute Gasteiger partial charge is 0.392 e. The van der Waals surface area contributed by atoms with Gasteiger partial charge in [0, 0.05) is 5.25 Å². The van der Waals surface area contributed by atoms with Gasteiger partial charge in [-0.1, -0.05) is 6.92 Å². The highest BCUT2D eigenvalue weighted by Crippen LogP contribution is 2.13. The van der Waals surface area contributed by atoms with Gasteiger partial charge in [-0.3, -0.25) is 0 Å². The summed E-state index contributed by atoms with van der Waals surface area (Å²) in [5.74, 6) is 0. The van der Waals surface area contributed by atoms with E-state index < -0.39 is 0 Å². The van der Waals surface area contributed by atoms with E-state index in [1.54, 1.807) is 6.92 Å². The number of hydrogen-bond acceptors (Lipinski definition) is 4. The van der Waals surface area contributed by atoms with Crippen LogP contribution in [0.4, 0.5) is 0 Å². The van der Waals surface area contributed by atoms with Crippen LogP contribution in [0.5, 0.6) is 0 Å². The molecule has 56 valence electrons. The van der Waals surface area contributed by atoms with Gasteiger partial charge in [-0.2, -0.15) is 0 Å². The van der Waals surface area contributed by atoms with Gasteiger partial charge in [0.2, 0.25) is 0 Å². The zero-order valence-electron chi connectivity index (χ0n) is 5.74. The Morgan fingerprint density at radius 1 is 1.33 bits per heavy atom. The third-order valence-electron chi connectivity index (χ3n) is 1.05. The van der Waals surface area contributed by atoms with Gasteiger partial charge < -0.3 is 16.6 Å². The minimum atomic E-state index is -0.380. The minimum absolute atomic E-state index is 0.116. The molecule has 0 heterocycles. The van der Waals surface area contributed by atoms with Crippen LogP contribution < -0.4 is 11.5 Å². The van der Waals surface area contributed by atoms with E-state index in [9.17, 15) is 0 Å². The zero-order valence-corrected chi connectivity index (χ0v) is 6.56. The van der Waals surface area contributed by atoms with E-state index in [1.165, 1.54) is 11.8 Å². The Kier molecular flexibility index (Phi) is 4.22. The predicted molar refractivity (Wildman–Crippen MR) is 40.9 cm³/mol. The van der Waals surface area contributed by atoms with Crippen molar-refractivity contribution < 1.29 is 5.11 Å². The first-order valence-electron chi connectivity index (χ1n) is 2.88. The molecule has 0 unspecified atom stereocenters.